The molecule has 0 bridgehead atoms. The maximum Gasteiger partial charge on any atom is 0.226 e. The quantitative estimate of drug-likeness (QED) is 0.801. The van der Waals surface area contributed by atoms with Gasteiger partial charge in [0.2, 0.25) is 5.91 Å². The van der Waals surface area contributed by atoms with Gasteiger partial charge in [0.25, 0.3) is 0 Å². The van der Waals surface area contributed by atoms with E-state index < -0.39 is 0 Å². The second kappa shape index (κ2) is 8.43. The van der Waals surface area contributed by atoms with E-state index in [9.17, 15) is 9.90 Å². The van der Waals surface area contributed by atoms with Gasteiger partial charge in [0.05, 0.1) is 24.8 Å². The molecule has 1 aromatic heterocycles. The summed E-state index contributed by atoms with van der Waals surface area (Å²) >= 11 is 7.38. The number of halogens is 1. The number of aromatic nitrogens is 1. The third-order valence-corrected chi connectivity index (χ3v) is 5.05. The van der Waals surface area contributed by atoms with Crippen molar-refractivity contribution in [3.8, 4) is 10.6 Å². The van der Waals surface area contributed by atoms with E-state index in [1.807, 2.05) is 43.5 Å². The highest BCUT2D eigenvalue weighted by Crippen LogP contribution is 2.25. The Kier molecular flexibility index (Phi) is 6.57. The second-order valence-corrected chi connectivity index (χ2v) is 6.86. The Balaban J connectivity index is 1.98. The van der Waals surface area contributed by atoms with Gasteiger partial charge in [-0.1, -0.05) is 44.0 Å². The smallest absolute Gasteiger partial charge is 0.226 e. The fourth-order valence-electron chi connectivity index (χ4n) is 2.19. The normalized spacial score (nSPS) is 13.6. The van der Waals surface area contributed by atoms with Gasteiger partial charge in [-0.25, -0.2) is 4.98 Å². The zero-order chi connectivity index (χ0) is 16.8. The molecule has 6 heteroatoms. The van der Waals surface area contributed by atoms with E-state index in [0.717, 1.165) is 22.7 Å². The van der Waals surface area contributed by atoms with Crippen molar-refractivity contribution in [2.45, 2.75) is 32.7 Å². The van der Waals surface area contributed by atoms with E-state index >= 15 is 0 Å². The molecule has 0 saturated heterocycles. The number of hydrogen-bond acceptors (Lipinski definition) is 4. The van der Waals surface area contributed by atoms with E-state index in [1.165, 1.54) is 11.3 Å². The molecule has 4 nitrogen and oxygen atoms in total. The highest BCUT2D eigenvalue weighted by molar-refractivity contribution is 7.13. The summed E-state index contributed by atoms with van der Waals surface area (Å²) in [6, 6.07) is 7.26. The number of rotatable bonds is 7. The Hall–Kier alpha value is -1.43. The van der Waals surface area contributed by atoms with Crippen LogP contribution in [0.1, 0.15) is 26.0 Å². The molecule has 0 fully saturated rings. The molecule has 2 rings (SSSR count). The third-order valence-electron chi connectivity index (χ3n) is 3.86. The van der Waals surface area contributed by atoms with Crippen molar-refractivity contribution in [2.75, 3.05) is 6.61 Å². The Morgan fingerprint density at radius 3 is 2.70 bits per heavy atom. The Morgan fingerprint density at radius 1 is 1.39 bits per heavy atom. The van der Waals surface area contributed by atoms with Crippen LogP contribution in [0.25, 0.3) is 10.6 Å². The van der Waals surface area contributed by atoms with Crippen LogP contribution in [0.15, 0.2) is 29.6 Å². The molecule has 2 N–H and O–H groups in total. The van der Waals surface area contributed by atoms with Gasteiger partial charge in [-0.2, -0.15) is 0 Å². The summed E-state index contributed by atoms with van der Waals surface area (Å²) in [6.45, 7) is 4.01. The van der Waals surface area contributed by atoms with Crippen LogP contribution in [0.5, 0.6) is 0 Å². The fraction of sp³-hybridized carbons (Fsp3) is 0.412. The van der Waals surface area contributed by atoms with Crippen LogP contribution in [0.4, 0.5) is 0 Å². The predicted octanol–water partition coefficient (Wildman–Crippen LogP) is 3.53. The molecule has 0 spiro atoms. The first-order valence-electron chi connectivity index (χ1n) is 7.64. The maximum absolute atomic E-state index is 12.1. The van der Waals surface area contributed by atoms with Crippen LogP contribution in [0.2, 0.25) is 5.02 Å². The molecule has 0 aliphatic heterocycles. The number of benzene rings is 1. The largest absolute Gasteiger partial charge is 0.394 e. The van der Waals surface area contributed by atoms with Crippen molar-refractivity contribution < 1.29 is 9.90 Å². The fourth-order valence-corrected chi connectivity index (χ4v) is 3.14. The van der Waals surface area contributed by atoms with Crippen molar-refractivity contribution in [3.63, 3.8) is 0 Å². The van der Waals surface area contributed by atoms with Gasteiger partial charge in [0.15, 0.2) is 0 Å². The number of nitrogens with zero attached hydrogens (tertiary/aromatic N) is 1. The number of hydrogen-bond donors (Lipinski definition) is 2. The molecule has 1 aromatic carbocycles. The summed E-state index contributed by atoms with van der Waals surface area (Å²) in [5, 5.41) is 15.7. The molecule has 2 unspecified atom stereocenters. The number of carbonyl (C=O) groups excluding carboxylic acids is 1. The lowest BCUT2D eigenvalue weighted by Crippen LogP contribution is -2.42. The number of thiazole rings is 1. The lowest BCUT2D eigenvalue weighted by Gasteiger charge is -2.21. The third kappa shape index (κ3) is 5.03. The molecule has 124 valence electrons. The van der Waals surface area contributed by atoms with Crippen LogP contribution in [-0.4, -0.2) is 28.6 Å². The minimum Gasteiger partial charge on any atom is -0.394 e. The van der Waals surface area contributed by atoms with Crippen molar-refractivity contribution in [1.29, 1.82) is 0 Å². The summed E-state index contributed by atoms with van der Waals surface area (Å²) in [7, 11) is 0. The molecule has 0 aliphatic carbocycles. The first-order chi connectivity index (χ1) is 11.0. The van der Waals surface area contributed by atoms with Crippen LogP contribution in [0, 0.1) is 5.92 Å². The maximum atomic E-state index is 12.1. The summed E-state index contributed by atoms with van der Waals surface area (Å²) in [4.78, 5) is 16.6. The van der Waals surface area contributed by atoms with Crippen molar-refractivity contribution in [2.24, 2.45) is 5.92 Å². The zero-order valence-electron chi connectivity index (χ0n) is 13.3. The molecule has 2 aromatic rings. The molecular weight excluding hydrogens is 332 g/mol. The molecule has 0 aliphatic rings. The lowest BCUT2D eigenvalue weighted by atomic mass is 10.00. The van der Waals surface area contributed by atoms with E-state index in [1.54, 1.807) is 0 Å². The molecule has 23 heavy (non-hydrogen) atoms. The van der Waals surface area contributed by atoms with Gasteiger partial charge in [-0.3, -0.25) is 4.79 Å². The number of aliphatic hydroxyl groups is 1. The van der Waals surface area contributed by atoms with Gasteiger partial charge in [0.1, 0.15) is 5.01 Å². The first kappa shape index (κ1) is 17.9. The highest BCUT2D eigenvalue weighted by Gasteiger charge is 2.18. The molecule has 0 radical (unpaired) electrons. The van der Waals surface area contributed by atoms with Crippen molar-refractivity contribution in [3.05, 3.63) is 40.4 Å². The van der Waals surface area contributed by atoms with Gasteiger partial charge in [0, 0.05) is 16.0 Å². The summed E-state index contributed by atoms with van der Waals surface area (Å²) < 4.78 is 0. The minimum absolute atomic E-state index is 0.0478. The molecule has 0 saturated carbocycles. The van der Waals surface area contributed by atoms with Gasteiger partial charge >= 0.3 is 0 Å². The van der Waals surface area contributed by atoms with Crippen molar-refractivity contribution >= 4 is 28.8 Å². The highest BCUT2D eigenvalue weighted by atomic mass is 35.5. The van der Waals surface area contributed by atoms with Crippen molar-refractivity contribution in [1.82, 2.24) is 10.3 Å². The van der Waals surface area contributed by atoms with Gasteiger partial charge in [-0.05, 0) is 18.1 Å². The van der Waals surface area contributed by atoms with Crippen LogP contribution in [-0.2, 0) is 11.2 Å². The molecular formula is C17H21ClN2O2S. The van der Waals surface area contributed by atoms with Gasteiger partial charge < -0.3 is 10.4 Å². The summed E-state index contributed by atoms with van der Waals surface area (Å²) in [5.41, 5.74) is 1.72. The topological polar surface area (TPSA) is 62.2 Å². The van der Waals surface area contributed by atoms with Gasteiger partial charge in [-0.15, -0.1) is 11.3 Å². The first-order valence-corrected chi connectivity index (χ1v) is 8.89. The number of aliphatic hydroxyl groups excluding tert-OH is 1. The number of nitrogens with one attached hydrogen (secondary N) is 1. The predicted molar refractivity (Wildman–Crippen MR) is 94.7 cm³/mol. The lowest BCUT2D eigenvalue weighted by molar-refractivity contribution is -0.121. The van der Waals surface area contributed by atoms with Crippen LogP contribution in [0.3, 0.4) is 0 Å². The van der Waals surface area contributed by atoms with E-state index in [2.05, 4.69) is 10.3 Å². The summed E-state index contributed by atoms with van der Waals surface area (Å²) in [6.07, 6.45) is 1.12. The number of amides is 1. The summed E-state index contributed by atoms with van der Waals surface area (Å²) in [5.74, 6) is 0.126. The second-order valence-electron chi connectivity index (χ2n) is 5.57. The number of carbonyl (C=O) groups is 1. The Labute approximate surface area is 145 Å². The van der Waals surface area contributed by atoms with Crippen LogP contribution < -0.4 is 5.32 Å². The Morgan fingerprint density at radius 2 is 2.09 bits per heavy atom. The standard InChI is InChI=1S/C17H21ClN2O2S/c1-3-11(2)15(9-21)20-16(22)8-14-10-23-17(19-14)12-4-6-13(18)7-5-12/h4-7,10-11,15,21H,3,8-9H2,1-2H3,(H,20,22). The minimum atomic E-state index is -0.207. The average molecular weight is 353 g/mol. The Bertz CT molecular complexity index is 642. The zero-order valence-corrected chi connectivity index (χ0v) is 14.8. The molecule has 2 atom stereocenters. The van der Waals surface area contributed by atoms with E-state index in [0.29, 0.717) is 5.02 Å². The monoisotopic (exact) mass is 352 g/mol. The SMILES string of the molecule is CCC(C)C(CO)NC(=O)Cc1csc(-c2ccc(Cl)cc2)n1. The molecule has 1 heterocycles. The van der Waals surface area contributed by atoms with E-state index in [4.69, 9.17) is 11.6 Å². The van der Waals surface area contributed by atoms with Crippen LogP contribution >= 0.6 is 22.9 Å². The average Bonchev–Trinajstić information content (AvgIpc) is 3.00. The van der Waals surface area contributed by atoms with E-state index in [-0.39, 0.29) is 30.9 Å². The molecule has 1 amide bonds.